The highest BCUT2D eigenvalue weighted by Gasteiger charge is 2.30. The lowest BCUT2D eigenvalue weighted by Gasteiger charge is -2.12. The van der Waals surface area contributed by atoms with E-state index in [1.807, 2.05) is 0 Å². The Morgan fingerprint density at radius 3 is 2.31 bits per heavy atom. The molecule has 1 heterocycles. The molecule has 0 bridgehead atoms. The number of aryl methyl sites for hydroxylation is 1. The maximum atomic E-state index is 12.8. The lowest BCUT2D eigenvalue weighted by Crippen LogP contribution is -2.15. The number of alkyl halides is 3. The van der Waals surface area contributed by atoms with Crippen LogP contribution in [0.5, 0.6) is 5.88 Å². The zero-order valence-electron chi connectivity index (χ0n) is 15.0. The second-order valence-electron chi connectivity index (χ2n) is 6.09. The Morgan fingerprint density at radius 2 is 1.69 bits per heavy atom. The Morgan fingerprint density at radius 1 is 1.03 bits per heavy atom. The van der Waals surface area contributed by atoms with E-state index in [4.69, 9.17) is 5.11 Å². The quantitative estimate of drug-likeness (QED) is 0.599. The molecule has 9 heteroatoms. The number of ether oxygens (including phenoxy) is 1. The smallest absolute Gasteiger partial charge is 0.449 e. The summed E-state index contributed by atoms with van der Waals surface area (Å²) in [5.74, 6) is -0.639. The van der Waals surface area contributed by atoms with Crippen LogP contribution in [0.3, 0.4) is 0 Å². The van der Waals surface area contributed by atoms with Gasteiger partial charge in [-0.15, -0.1) is 0 Å². The van der Waals surface area contributed by atoms with Crippen LogP contribution in [0.1, 0.15) is 15.9 Å². The summed E-state index contributed by atoms with van der Waals surface area (Å²) in [6, 6.07) is 12.3. The first-order chi connectivity index (χ1) is 13.7. The predicted molar refractivity (Wildman–Crippen MR) is 98.9 cm³/mol. The van der Waals surface area contributed by atoms with Crippen LogP contribution >= 0.6 is 0 Å². The first-order valence-electron chi connectivity index (χ1n) is 8.31. The number of carbonyl (C=O) groups excluding carboxylic acids is 1. The molecule has 0 saturated heterocycles. The van der Waals surface area contributed by atoms with E-state index in [1.165, 1.54) is 35.0 Å². The number of rotatable bonds is 4. The molecule has 1 aromatic heterocycles. The van der Waals surface area contributed by atoms with Crippen molar-refractivity contribution in [3.8, 4) is 17.0 Å². The fourth-order valence-electron chi connectivity index (χ4n) is 2.78. The molecule has 0 saturated carbocycles. The molecule has 3 rings (SSSR count). The zero-order valence-corrected chi connectivity index (χ0v) is 15.0. The first-order valence-corrected chi connectivity index (χ1v) is 8.31. The van der Waals surface area contributed by atoms with Crippen LogP contribution in [-0.2, 0) is 13.2 Å². The van der Waals surface area contributed by atoms with Crippen LogP contribution in [0.4, 0.5) is 23.7 Å². The summed E-state index contributed by atoms with van der Waals surface area (Å²) in [6.07, 6.45) is -4.48. The van der Waals surface area contributed by atoms with Crippen molar-refractivity contribution < 1.29 is 32.6 Å². The summed E-state index contributed by atoms with van der Waals surface area (Å²) in [5.41, 5.74) is 0.414. The maximum Gasteiger partial charge on any atom is 0.512 e. The minimum absolute atomic E-state index is 0.0714. The second kappa shape index (κ2) is 7.70. The summed E-state index contributed by atoms with van der Waals surface area (Å²) in [5, 5.41) is 11.4. The number of hydrogen-bond acceptors (Lipinski definition) is 3. The van der Waals surface area contributed by atoms with Crippen molar-refractivity contribution in [1.29, 1.82) is 0 Å². The molecule has 0 aliphatic carbocycles. The average Bonchev–Trinajstić information content (AvgIpc) is 3.00. The Kier molecular flexibility index (Phi) is 5.31. The van der Waals surface area contributed by atoms with E-state index < -0.39 is 23.8 Å². The monoisotopic (exact) mass is 404 g/mol. The number of benzene rings is 2. The third-order valence-electron chi connectivity index (χ3n) is 4.14. The van der Waals surface area contributed by atoms with E-state index in [2.05, 4.69) is 10.1 Å². The minimum Gasteiger partial charge on any atom is -0.449 e. The van der Waals surface area contributed by atoms with Gasteiger partial charge in [-0.05, 0) is 35.4 Å². The van der Waals surface area contributed by atoms with Gasteiger partial charge >= 0.3 is 12.3 Å². The number of nitrogens with zero attached hydrogens (tertiary/aromatic N) is 1. The normalized spacial score (nSPS) is 11.2. The molecule has 6 nitrogen and oxygen atoms in total. The highest BCUT2D eigenvalue weighted by atomic mass is 19.4. The average molecular weight is 404 g/mol. The Hall–Kier alpha value is -3.75. The Bertz CT molecular complexity index is 1060. The number of carboxylic acid groups (broad SMARTS) is 1. The number of nitrogens with one attached hydrogen (secondary N) is 1. The third-order valence-corrected chi connectivity index (χ3v) is 4.14. The molecular formula is C20H15F3N2O4. The highest BCUT2D eigenvalue weighted by Crippen LogP contribution is 2.32. The summed E-state index contributed by atoms with van der Waals surface area (Å²) >= 11 is 0. The van der Waals surface area contributed by atoms with Gasteiger partial charge in [0.2, 0.25) is 5.88 Å². The van der Waals surface area contributed by atoms with Gasteiger partial charge in [0.1, 0.15) is 5.69 Å². The number of amides is 1. The molecule has 2 aromatic carbocycles. The number of hydrogen-bond donors (Lipinski definition) is 2. The Balaban J connectivity index is 1.91. The van der Waals surface area contributed by atoms with Crippen molar-refractivity contribution >= 4 is 17.7 Å². The topological polar surface area (TPSA) is 80.6 Å². The van der Waals surface area contributed by atoms with E-state index >= 15 is 0 Å². The van der Waals surface area contributed by atoms with Gasteiger partial charge < -0.3 is 19.7 Å². The highest BCUT2D eigenvalue weighted by molar-refractivity contribution is 6.09. The van der Waals surface area contributed by atoms with Gasteiger partial charge in [0.25, 0.3) is 5.91 Å². The van der Waals surface area contributed by atoms with Crippen molar-refractivity contribution in [2.24, 2.45) is 7.05 Å². The van der Waals surface area contributed by atoms with Crippen LogP contribution < -0.4 is 10.1 Å². The molecule has 0 atom stereocenters. The molecule has 2 N–H and O–H groups in total. The summed E-state index contributed by atoms with van der Waals surface area (Å²) < 4.78 is 44.4. The number of aromatic nitrogens is 1. The van der Waals surface area contributed by atoms with Crippen LogP contribution in [0.2, 0.25) is 0 Å². The van der Waals surface area contributed by atoms with E-state index in [0.717, 1.165) is 12.1 Å². The van der Waals surface area contributed by atoms with Crippen molar-refractivity contribution in [2.75, 3.05) is 5.32 Å². The van der Waals surface area contributed by atoms with Crippen LogP contribution in [0.15, 0.2) is 60.8 Å². The molecule has 0 unspecified atom stereocenters. The molecule has 0 radical (unpaired) electrons. The van der Waals surface area contributed by atoms with Gasteiger partial charge in [0.05, 0.1) is 5.56 Å². The van der Waals surface area contributed by atoms with Crippen molar-refractivity contribution in [2.45, 2.75) is 6.18 Å². The molecule has 0 aliphatic rings. The van der Waals surface area contributed by atoms with E-state index in [0.29, 0.717) is 11.1 Å². The summed E-state index contributed by atoms with van der Waals surface area (Å²) in [4.78, 5) is 23.6. The summed E-state index contributed by atoms with van der Waals surface area (Å²) in [6.45, 7) is 0. The van der Waals surface area contributed by atoms with Gasteiger partial charge in [-0.1, -0.05) is 30.3 Å². The molecule has 0 fully saturated rings. The lowest BCUT2D eigenvalue weighted by molar-refractivity contribution is -0.137. The van der Waals surface area contributed by atoms with Crippen LogP contribution in [-0.4, -0.2) is 21.7 Å². The zero-order chi connectivity index (χ0) is 21.2. The molecule has 3 aromatic rings. The molecule has 1 amide bonds. The van der Waals surface area contributed by atoms with Gasteiger partial charge in [0.15, 0.2) is 0 Å². The van der Waals surface area contributed by atoms with Gasteiger partial charge in [-0.25, -0.2) is 4.79 Å². The first kappa shape index (κ1) is 20.0. The second-order valence-corrected chi connectivity index (χ2v) is 6.09. The van der Waals surface area contributed by atoms with Gasteiger partial charge in [-0.3, -0.25) is 4.79 Å². The standard InChI is InChI=1S/C20H15F3N2O4/c1-25-11-10-16(18(25)29-19(27)28)24-17(26)15-5-3-2-4-14(15)12-6-8-13(9-7-12)20(21,22)23/h2-11H,1H3,(H,24,26)(H,27,28). The fourth-order valence-corrected chi connectivity index (χ4v) is 2.78. The molecule has 0 aliphatic heterocycles. The predicted octanol–water partition coefficient (Wildman–Crippen LogP) is 5.02. The minimum atomic E-state index is -4.46. The Labute approximate surface area is 163 Å². The molecule has 29 heavy (non-hydrogen) atoms. The number of halogens is 3. The molecule has 0 spiro atoms. The molecular weight excluding hydrogens is 389 g/mol. The number of anilines is 1. The van der Waals surface area contributed by atoms with E-state index in [-0.39, 0.29) is 17.1 Å². The largest absolute Gasteiger partial charge is 0.512 e. The maximum absolute atomic E-state index is 12.8. The lowest BCUT2D eigenvalue weighted by atomic mass is 9.98. The SMILES string of the molecule is Cn1ccc(NC(=O)c2ccccc2-c2ccc(C(F)(F)F)cc2)c1OC(=O)O. The number of carbonyl (C=O) groups is 2. The molecule has 150 valence electrons. The van der Waals surface area contributed by atoms with E-state index in [1.54, 1.807) is 25.2 Å². The van der Waals surface area contributed by atoms with Gasteiger partial charge in [-0.2, -0.15) is 13.2 Å². The van der Waals surface area contributed by atoms with Crippen molar-refractivity contribution in [1.82, 2.24) is 4.57 Å². The van der Waals surface area contributed by atoms with Crippen molar-refractivity contribution in [3.05, 3.63) is 71.9 Å². The van der Waals surface area contributed by atoms with Gasteiger partial charge in [0, 0.05) is 18.8 Å². The van der Waals surface area contributed by atoms with Crippen LogP contribution in [0, 0.1) is 0 Å². The third kappa shape index (κ3) is 4.40. The van der Waals surface area contributed by atoms with Crippen molar-refractivity contribution in [3.63, 3.8) is 0 Å². The van der Waals surface area contributed by atoms with Crippen LogP contribution in [0.25, 0.3) is 11.1 Å². The summed E-state index contributed by atoms with van der Waals surface area (Å²) in [7, 11) is 1.55. The van der Waals surface area contributed by atoms with E-state index in [9.17, 15) is 22.8 Å². The fraction of sp³-hybridized carbons (Fsp3) is 0.100.